The van der Waals surface area contributed by atoms with E-state index in [0.717, 1.165) is 18.4 Å². The molecule has 0 aliphatic heterocycles. The quantitative estimate of drug-likeness (QED) is 0.641. The molecule has 23 heavy (non-hydrogen) atoms. The number of ether oxygens (including phenoxy) is 1. The smallest absolute Gasteiger partial charge is 0.242 e. The highest BCUT2D eigenvalue weighted by Gasteiger charge is 2.18. The van der Waals surface area contributed by atoms with Crippen LogP contribution in [0.4, 0.5) is 5.82 Å². The summed E-state index contributed by atoms with van der Waals surface area (Å²) in [6, 6.07) is 5.56. The van der Waals surface area contributed by atoms with Gasteiger partial charge in [-0.25, -0.2) is 4.98 Å². The minimum absolute atomic E-state index is 0.329. The van der Waals surface area contributed by atoms with Crippen LogP contribution in [0.1, 0.15) is 26.7 Å². The largest absolute Gasteiger partial charge is 0.479 e. The Labute approximate surface area is 154 Å². The van der Waals surface area contributed by atoms with E-state index in [2.05, 4.69) is 45.1 Å². The molecule has 1 aromatic carbocycles. The normalized spacial score (nSPS) is 10.9. The van der Waals surface area contributed by atoms with Crippen LogP contribution in [0, 0.1) is 0 Å². The second-order valence-electron chi connectivity index (χ2n) is 5.00. The predicted octanol–water partition coefficient (Wildman–Crippen LogP) is 5.82. The van der Waals surface area contributed by atoms with E-state index in [4.69, 9.17) is 27.9 Å². The lowest BCUT2D eigenvalue weighted by Gasteiger charge is -2.18. The Morgan fingerprint density at radius 3 is 2.48 bits per heavy atom. The van der Waals surface area contributed by atoms with Gasteiger partial charge < -0.3 is 10.1 Å². The van der Waals surface area contributed by atoms with Crippen LogP contribution in [0.3, 0.4) is 0 Å². The summed E-state index contributed by atoms with van der Waals surface area (Å²) in [6.45, 7) is 4.25. The molecule has 1 N–H and O–H groups in total. The van der Waals surface area contributed by atoms with Gasteiger partial charge in [0.1, 0.15) is 10.3 Å². The number of anilines is 1. The first kappa shape index (κ1) is 18.3. The maximum absolute atomic E-state index is 6.28. The van der Waals surface area contributed by atoms with Crippen LogP contribution in [-0.2, 0) is 0 Å². The van der Waals surface area contributed by atoms with Crippen molar-refractivity contribution in [2.24, 2.45) is 0 Å². The zero-order valence-corrected chi connectivity index (χ0v) is 16.3. The topological polar surface area (TPSA) is 47.0 Å². The highest BCUT2D eigenvalue weighted by Crippen LogP contribution is 2.36. The maximum Gasteiger partial charge on any atom is 0.242 e. The van der Waals surface area contributed by atoms with Gasteiger partial charge in [0.2, 0.25) is 5.88 Å². The molecule has 0 aliphatic carbocycles. The van der Waals surface area contributed by atoms with Crippen LogP contribution < -0.4 is 10.1 Å². The second-order valence-corrected chi connectivity index (χ2v) is 6.60. The van der Waals surface area contributed by atoms with E-state index < -0.39 is 0 Å². The van der Waals surface area contributed by atoms with E-state index in [1.54, 1.807) is 25.3 Å². The van der Waals surface area contributed by atoms with Gasteiger partial charge in [-0.1, -0.05) is 37.0 Å². The zero-order valence-electron chi connectivity index (χ0n) is 13.2. The molecule has 0 aliphatic rings. The fraction of sp³-hybridized carbons (Fsp3) is 0.375. The average molecular weight is 419 g/mol. The number of benzene rings is 1. The van der Waals surface area contributed by atoms with Gasteiger partial charge in [0.25, 0.3) is 0 Å². The molecule has 0 saturated heterocycles. The molecule has 0 bridgehead atoms. The van der Waals surface area contributed by atoms with E-state index in [9.17, 15) is 0 Å². The second kappa shape index (κ2) is 8.18. The molecular weight excluding hydrogens is 401 g/mol. The molecule has 4 nitrogen and oxygen atoms in total. The van der Waals surface area contributed by atoms with E-state index in [0.29, 0.717) is 38.1 Å². The van der Waals surface area contributed by atoms with Gasteiger partial charge in [-0.05, 0) is 47.0 Å². The van der Waals surface area contributed by atoms with Gasteiger partial charge in [0.15, 0.2) is 5.82 Å². The fourth-order valence-electron chi connectivity index (χ4n) is 2.18. The summed E-state index contributed by atoms with van der Waals surface area (Å²) in [5.74, 6) is 1.07. The van der Waals surface area contributed by atoms with Gasteiger partial charge in [0, 0.05) is 16.6 Å². The van der Waals surface area contributed by atoms with E-state index in [1.807, 2.05) is 0 Å². The Morgan fingerprint density at radius 1 is 1.22 bits per heavy atom. The lowest BCUT2D eigenvalue weighted by Crippen LogP contribution is -2.19. The van der Waals surface area contributed by atoms with Crippen molar-refractivity contribution < 1.29 is 4.74 Å². The van der Waals surface area contributed by atoms with E-state index >= 15 is 0 Å². The molecule has 124 valence electrons. The lowest BCUT2D eigenvalue weighted by atomic mass is 10.1. The van der Waals surface area contributed by atoms with Crippen molar-refractivity contribution in [1.29, 1.82) is 0 Å². The van der Waals surface area contributed by atoms with Crippen molar-refractivity contribution in [1.82, 2.24) is 9.97 Å². The first-order valence-corrected chi connectivity index (χ1v) is 8.88. The molecule has 1 aromatic heterocycles. The predicted molar refractivity (Wildman–Crippen MR) is 99.7 cm³/mol. The summed E-state index contributed by atoms with van der Waals surface area (Å²) >= 11 is 15.7. The van der Waals surface area contributed by atoms with Gasteiger partial charge in [-0.15, -0.1) is 0 Å². The van der Waals surface area contributed by atoms with Crippen molar-refractivity contribution >= 4 is 44.9 Å². The third-order valence-corrected chi connectivity index (χ3v) is 4.63. The number of halogens is 3. The molecule has 0 spiro atoms. The zero-order chi connectivity index (χ0) is 17.0. The minimum atomic E-state index is 0.329. The van der Waals surface area contributed by atoms with E-state index in [-0.39, 0.29) is 0 Å². The Bertz CT molecular complexity index is 693. The third kappa shape index (κ3) is 4.28. The van der Waals surface area contributed by atoms with Crippen molar-refractivity contribution in [3.63, 3.8) is 0 Å². The number of nitrogens with one attached hydrogen (secondary N) is 1. The standard InChI is InChI=1S/C16H18BrCl2N3O/c1-4-10(5-2)20-15-14(17)21-13(16(22-15)23-3)11-7-6-9(18)8-12(11)19/h6-8,10H,4-5H2,1-3H3,(H,20,22). The minimum Gasteiger partial charge on any atom is -0.479 e. The number of rotatable bonds is 6. The molecule has 0 amide bonds. The third-order valence-electron chi connectivity index (χ3n) is 3.53. The fourth-order valence-corrected chi connectivity index (χ4v) is 3.06. The van der Waals surface area contributed by atoms with Gasteiger partial charge >= 0.3 is 0 Å². The molecule has 0 unspecified atom stereocenters. The SMILES string of the molecule is CCC(CC)Nc1nc(OC)c(-c2ccc(Cl)cc2Cl)nc1Br. The molecule has 0 fully saturated rings. The van der Waals surface area contributed by atoms with Crippen LogP contribution in [0.15, 0.2) is 22.8 Å². The summed E-state index contributed by atoms with van der Waals surface area (Å²) in [7, 11) is 1.56. The Balaban J connectivity index is 2.48. The monoisotopic (exact) mass is 417 g/mol. The van der Waals surface area contributed by atoms with Crippen LogP contribution in [0.25, 0.3) is 11.3 Å². The Morgan fingerprint density at radius 2 is 1.91 bits per heavy atom. The highest BCUT2D eigenvalue weighted by molar-refractivity contribution is 9.10. The summed E-state index contributed by atoms with van der Waals surface area (Å²) < 4.78 is 6.02. The number of methoxy groups -OCH3 is 1. The highest BCUT2D eigenvalue weighted by atomic mass is 79.9. The summed E-state index contributed by atoms with van der Waals surface area (Å²) in [6.07, 6.45) is 2.00. The van der Waals surface area contributed by atoms with Crippen LogP contribution in [0.5, 0.6) is 5.88 Å². The van der Waals surface area contributed by atoms with Crippen LogP contribution in [0.2, 0.25) is 10.0 Å². The molecule has 2 rings (SSSR count). The molecule has 1 heterocycles. The number of nitrogens with zero attached hydrogens (tertiary/aromatic N) is 2. The molecule has 2 aromatic rings. The molecule has 0 radical (unpaired) electrons. The number of hydrogen-bond acceptors (Lipinski definition) is 4. The maximum atomic E-state index is 6.28. The van der Waals surface area contributed by atoms with Crippen LogP contribution in [-0.4, -0.2) is 23.1 Å². The van der Waals surface area contributed by atoms with Crippen molar-refractivity contribution in [2.45, 2.75) is 32.7 Å². The molecule has 7 heteroatoms. The lowest BCUT2D eigenvalue weighted by molar-refractivity contribution is 0.398. The first-order chi connectivity index (χ1) is 11.0. The van der Waals surface area contributed by atoms with Crippen molar-refractivity contribution in [3.05, 3.63) is 32.8 Å². The summed E-state index contributed by atoms with van der Waals surface area (Å²) in [5.41, 5.74) is 1.28. The average Bonchev–Trinajstić information content (AvgIpc) is 2.53. The summed E-state index contributed by atoms with van der Waals surface area (Å²) in [5, 5.41) is 4.43. The van der Waals surface area contributed by atoms with Gasteiger partial charge in [0.05, 0.1) is 12.1 Å². The van der Waals surface area contributed by atoms with Crippen molar-refractivity contribution in [2.75, 3.05) is 12.4 Å². The molecular formula is C16H18BrCl2N3O. The molecule has 0 saturated carbocycles. The van der Waals surface area contributed by atoms with E-state index in [1.165, 1.54) is 0 Å². The van der Waals surface area contributed by atoms with Crippen molar-refractivity contribution in [3.8, 4) is 17.1 Å². The Hall–Kier alpha value is -1.04. The van der Waals surface area contributed by atoms with Crippen LogP contribution >= 0.6 is 39.1 Å². The first-order valence-electron chi connectivity index (χ1n) is 7.33. The summed E-state index contributed by atoms with van der Waals surface area (Å²) in [4.78, 5) is 9.10. The number of aromatic nitrogens is 2. The van der Waals surface area contributed by atoms with Gasteiger partial charge in [-0.2, -0.15) is 4.98 Å². The van der Waals surface area contributed by atoms with Gasteiger partial charge in [-0.3, -0.25) is 0 Å². The Kier molecular flexibility index (Phi) is 6.50. The number of hydrogen-bond donors (Lipinski definition) is 1. The molecule has 0 atom stereocenters.